The van der Waals surface area contributed by atoms with Crippen molar-refractivity contribution in [1.82, 2.24) is 9.97 Å². The highest BCUT2D eigenvalue weighted by Crippen LogP contribution is 2.35. The summed E-state index contributed by atoms with van der Waals surface area (Å²) >= 11 is 6.57. The Labute approximate surface area is 233 Å². The first kappa shape index (κ1) is 28.8. The van der Waals surface area contributed by atoms with E-state index in [-0.39, 0.29) is 17.4 Å². The first-order valence-electron chi connectivity index (χ1n) is 12.2. The van der Waals surface area contributed by atoms with Gasteiger partial charge in [0, 0.05) is 51.0 Å². The van der Waals surface area contributed by atoms with Gasteiger partial charge in [-0.25, -0.2) is 4.98 Å². The molecular formula is C27H27ClN2O10. The molecule has 212 valence electrons. The van der Waals surface area contributed by atoms with Crippen molar-refractivity contribution in [2.75, 3.05) is 6.61 Å². The smallest absolute Gasteiger partial charge is 0.303 e. The molecule has 0 bridgehead atoms. The second-order valence-electron chi connectivity index (χ2n) is 8.97. The number of nitrogens with one attached hydrogen (secondary N) is 1. The van der Waals surface area contributed by atoms with E-state index in [9.17, 15) is 19.2 Å². The second-order valence-corrected chi connectivity index (χ2v) is 9.38. The Morgan fingerprint density at radius 2 is 1.55 bits per heavy atom. The zero-order chi connectivity index (χ0) is 29.0. The first-order chi connectivity index (χ1) is 19.0. The van der Waals surface area contributed by atoms with E-state index < -0.39 is 54.6 Å². The maximum atomic E-state index is 12.0. The molecule has 0 saturated carbocycles. The molecule has 12 nitrogen and oxygen atoms in total. The van der Waals surface area contributed by atoms with Crippen LogP contribution in [0.5, 0.6) is 5.75 Å². The van der Waals surface area contributed by atoms with E-state index in [2.05, 4.69) is 9.97 Å². The van der Waals surface area contributed by atoms with Crippen LogP contribution in [0.2, 0.25) is 5.02 Å². The van der Waals surface area contributed by atoms with Gasteiger partial charge in [-0.15, -0.1) is 0 Å². The molecule has 0 aliphatic carbocycles. The average molecular weight is 575 g/mol. The van der Waals surface area contributed by atoms with Gasteiger partial charge in [0.05, 0.1) is 5.02 Å². The number of hydrogen-bond acceptors (Lipinski definition) is 11. The standard InChI is InChI=1S/C27H27ClN2O10/c1-13(31)35-12-22-23(36-14(2)32)24(37-15(3)33)25(38-16(4)34)27(40-22)39-21-6-5-17(10-20(21)28)19-9-18-7-8-29-26(18)30-11-19/h5-11,22-25,27H,12H2,1-4H3,(H,29,30). The van der Waals surface area contributed by atoms with Gasteiger partial charge in [0.2, 0.25) is 12.4 Å². The lowest BCUT2D eigenvalue weighted by atomic mass is 9.98. The number of hydrogen-bond donors (Lipinski definition) is 1. The van der Waals surface area contributed by atoms with Crippen LogP contribution in [-0.2, 0) is 42.9 Å². The number of carbonyl (C=O) groups is 4. The summed E-state index contributed by atoms with van der Waals surface area (Å²) in [6.45, 7) is 4.23. The Balaban J connectivity index is 1.66. The van der Waals surface area contributed by atoms with Crippen molar-refractivity contribution < 1.29 is 47.6 Å². The molecule has 1 fully saturated rings. The third kappa shape index (κ3) is 6.88. The van der Waals surface area contributed by atoms with E-state index >= 15 is 0 Å². The summed E-state index contributed by atoms with van der Waals surface area (Å²) in [6.07, 6.45) is -3.09. The zero-order valence-corrected chi connectivity index (χ0v) is 22.8. The number of ether oxygens (including phenoxy) is 6. The van der Waals surface area contributed by atoms with Crippen LogP contribution in [0.15, 0.2) is 42.7 Å². The van der Waals surface area contributed by atoms with Gasteiger partial charge < -0.3 is 33.4 Å². The summed E-state index contributed by atoms with van der Waals surface area (Å²) < 4.78 is 33.3. The maximum absolute atomic E-state index is 12.0. The van der Waals surface area contributed by atoms with Gasteiger partial charge in [0.25, 0.3) is 0 Å². The van der Waals surface area contributed by atoms with E-state index in [0.717, 1.165) is 42.9 Å². The number of fused-ring (bicyclic) bond motifs is 1. The number of esters is 4. The van der Waals surface area contributed by atoms with Crippen molar-refractivity contribution in [3.63, 3.8) is 0 Å². The van der Waals surface area contributed by atoms with Crippen LogP contribution in [0, 0.1) is 0 Å². The third-order valence-corrected chi connectivity index (χ3v) is 6.15. The van der Waals surface area contributed by atoms with Gasteiger partial charge in [-0.05, 0) is 29.8 Å². The van der Waals surface area contributed by atoms with Crippen LogP contribution in [0.25, 0.3) is 22.2 Å². The van der Waals surface area contributed by atoms with Gasteiger partial charge in [-0.1, -0.05) is 17.7 Å². The Morgan fingerprint density at radius 1 is 0.875 bits per heavy atom. The lowest BCUT2D eigenvalue weighted by Gasteiger charge is -2.44. The lowest BCUT2D eigenvalue weighted by molar-refractivity contribution is -0.288. The number of aromatic amines is 1. The fraction of sp³-hybridized carbons (Fsp3) is 0.370. The number of halogens is 1. The van der Waals surface area contributed by atoms with Crippen molar-refractivity contribution in [3.05, 3.63) is 47.7 Å². The first-order valence-corrected chi connectivity index (χ1v) is 12.6. The molecule has 0 spiro atoms. The highest BCUT2D eigenvalue weighted by molar-refractivity contribution is 6.32. The molecule has 1 saturated heterocycles. The number of benzene rings is 1. The quantitative estimate of drug-likeness (QED) is 0.311. The molecule has 5 unspecified atom stereocenters. The van der Waals surface area contributed by atoms with Crippen molar-refractivity contribution in [1.29, 1.82) is 0 Å². The maximum Gasteiger partial charge on any atom is 0.303 e. The number of H-pyrrole nitrogens is 1. The van der Waals surface area contributed by atoms with Crippen LogP contribution in [0.1, 0.15) is 27.7 Å². The molecule has 40 heavy (non-hydrogen) atoms. The normalized spacial score (nSPS) is 22.3. The summed E-state index contributed by atoms with van der Waals surface area (Å²) in [5, 5.41) is 1.12. The monoisotopic (exact) mass is 574 g/mol. The molecule has 1 N–H and O–H groups in total. The van der Waals surface area contributed by atoms with E-state index in [0.29, 0.717) is 0 Å². The third-order valence-electron chi connectivity index (χ3n) is 5.86. The van der Waals surface area contributed by atoms with E-state index in [1.807, 2.05) is 12.1 Å². The average Bonchev–Trinajstić information content (AvgIpc) is 3.34. The number of carbonyl (C=O) groups excluding carboxylic acids is 4. The van der Waals surface area contributed by atoms with Gasteiger partial charge in [0.1, 0.15) is 24.1 Å². The van der Waals surface area contributed by atoms with Gasteiger partial charge in [-0.2, -0.15) is 0 Å². The molecule has 13 heteroatoms. The molecule has 3 heterocycles. The molecule has 0 amide bonds. The SMILES string of the molecule is CC(=O)OCC1OC(Oc2ccc(-c3cnc4[nH]ccc4c3)cc2Cl)C(OC(C)=O)C(OC(C)=O)C1OC(C)=O. The number of nitrogens with zero attached hydrogens (tertiary/aromatic N) is 1. The molecule has 1 aromatic carbocycles. The van der Waals surface area contributed by atoms with Crippen LogP contribution >= 0.6 is 11.6 Å². The molecular weight excluding hydrogens is 548 g/mol. The predicted molar refractivity (Wildman–Crippen MR) is 139 cm³/mol. The van der Waals surface area contributed by atoms with Crippen molar-refractivity contribution in [2.45, 2.75) is 58.4 Å². The summed E-state index contributed by atoms with van der Waals surface area (Å²) in [4.78, 5) is 54.9. The minimum absolute atomic E-state index is 0.155. The Morgan fingerprint density at radius 3 is 2.20 bits per heavy atom. The van der Waals surface area contributed by atoms with Crippen LogP contribution in [0.3, 0.4) is 0 Å². The van der Waals surface area contributed by atoms with Crippen LogP contribution < -0.4 is 4.74 Å². The van der Waals surface area contributed by atoms with E-state index in [1.54, 1.807) is 30.6 Å². The summed E-state index contributed by atoms with van der Waals surface area (Å²) in [5.74, 6) is -2.69. The fourth-order valence-electron chi connectivity index (χ4n) is 4.28. The molecule has 3 aromatic rings. The molecule has 5 atom stereocenters. The predicted octanol–water partition coefficient (Wildman–Crippen LogP) is 3.35. The largest absolute Gasteiger partial charge is 0.463 e. The molecule has 4 rings (SSSR count). The van der Waals surface area contributed by atoms with Gasteiger partial charge in [-0.3, -0.25) is 19.2 Å². The summed E-state index contributed by atoms with van der Waals surface area (Å²) in [7, 11) is 0. The Hall–Kier alpha value is -4.16. The Kier molecular flexibility index (Phi) is 8.90. The molecule has 2 aromatic heterocycles. The molecule has 0 radical (unpaired) electrons. The summed E-state index contributed by atoms with van der Waals surface area (Å²) in [5.41, 5.74) is 2.32. The van der Waals surface area contributed by atoms with E-state index in [1.165, 1.54) is 6.92 Å². The highest BCUT2D eigenvalue weighted by Gasteiger charge is 2.53. The van der Waals surface area contributed by atoms with Crippen LogP contribution in [-0.4, -0.2) is 71.2 Å². The number of aromatic nitrogens is 2. The van der Waals surface area contributed by atoms with Crippen molar-refractivity contribution in [2.24, 2.45) is 0 Å². The highest BCUT2D eigenvalue weighted by atomic mass is 35.5. The van der Waals surface area contributed by atoms with Gasteiger partial charge >= 0.3 is 23.9 Å². The minimum Gasteiger partial charge on any atom is -0.463 e. The lowest BCUT2D eigenvalue weighted by Crippen LogP contribution is -2.63. The fourth-order valence-corrected chi connectivity index (χ4v) is 4.51. The van der Waals surface area contributed by atoms with E-state index in [4.69, 9.17) is 40.0 Å². The van der Waals surface area contributed by atoms with Gasteiger partial charge in [0.15, 0.2) is 12.2 Å². The van der Waals surface area contributed by atoms with Crippen molar-refractivity contribution in [3.8, 4) is 16.9 Å². The second kappa shape index (κ2) is 12.3. The topological polar surface area (TPSA) is 152 Å². The number of pyridine rings is 1. The minimum atomic E-state index is -1.40. The Bertz CT molecular complexity index is 1420. The molecule has 1 aliphatic heterocycles. The number of rotatable bonds is 8. The molecule has 1 aliphatic rings. The van der Waals surface area contributed by atoms with Crippen LogP contribution in [0.4, 0.5) is 0 Å². The summed E-state index contributed by atoms with van der Waals surface area (Å²) in [6, 6.07) is 8.85. The van der Waals surface area contributed by atoms with Crippen molar-refractivity contribution >= 4 is 46.5 Å². The zero-order valence-electron chi connectivity index (χ0n) is 22.0.